The van der Waals surface area contributed by atoms with E-state index >= 15 is 0 Å². The lowest BCUT2D eigenvalue weighted by Gasteiger charge is -2.06. The third kappa shape index (κ3) is 4.49. The van der Waals surface area contributed by atoms with Crippen LogP contribution < -0.4 is 10.9 Å². The maximum atomic E-state index is 12.9. The molecule has 0 aliphatic heterocycles. The number of aryl methyl sites for hydroxylation is 1. The molecule has 2 aromatic heterocycles. The molecule has 0 unspecified atom stereocenters. The minimum absolute atomic E-state index is 0.0951. The Labute approximate surface area is 192 Å². The molecule has 0 radical (unpaired) electrons. The van der Waals surface area contributed by atoms with Crippen LogP contribution in [0.3, 0.4) is 0 Å². The van der Waals surface area contributed by atoms with Gasteiger partial charge in [-0.15, -0.1) is 0 Å². The van der Waals surface area contributed by atoms with E-state index < -0.39 is 0 Å². The van der Waals surface area contributed by atoms with E-state index in [9.17, 15) is 4.79 Å². The smallest absolute Gasteiger partial charge is 0.254 e. The van der Waals surface area contributed by atoms with Crippen molar-refractivity contribution in [3.05, 3.63) is 118 Å². The summed E-state index contributed by atoms with van der Waals surface area (Å²) >= 11 is 0. The molecule has 0 bridgehead atoms. The van der Waals surface area contributed by atoms with Crippen LogP contribution in [0.2, 0.25) is 0 Å². The van der Waals surface area contributed by atoms with Gasteiger partial charge < -0.3 is 10.3 Å². The first-order valence-corrected chi connectivity index (χ1v) is 11.2. The zero-order valence-corrected chi connectivity index (χ0v) is 18.6. The molecule has 0 amide bonds. The fourth-order valence-corrected chi connectivity index (χ4v) is 4.03. The van der Waals surface area contributed by atoms with Crippen LogP contribution in [0.1, 0.15) is 16.7 Å². The van der Waals surface area contributed by atoms with Crippen molar-refractivity contribution in [3.63, 3.8) is 0 Å². The van der Waals surface area contributed by atoms with Gasteiger partial charge in [0, 0.05) is 23.1 Å². The van der Waals surface area contributed by atoms with E-state index in [0.29, 0.717) is 17.8 Å². The molecule has 0 saturated carbocycles. The number of aromatic nitrogens is 3. The van der Waals surface area contributed by atoms with Gasteiger partial charge in [-0.05, 0) is 43.7 Å². The highest BCUT2D eigenvalue weighted by molar-refractivity contribution is 5.92. The summed E-state index contributed by atoms with van der Waals surface area (Å²) < 4.78 is 1.82. The number of aromatic amines is 1. The van der Waals surface area contributed by atoms with Crippen molar-refractivity contribution in [1.82, 2.24) is 20.1 Å². The summed E-state index contributed by atoms with van der Waals surface area (Å²) in [6.07, 6.45) is 0.918. The minimum atomic E-state index is -0.0951. The van der Waals surface area contributed by atoms with Gasteiger partial charge in [-0.2, -0.15) is 5.10 Å². The first-order valence-electron chi connectivity index (χ1n) is 11.2. The molecule has 0 saturated heterocycles. The molecule has 0 atom stereocenters. The van der Waals surface area contributed by atoms with Crippen molar-refractivity contribution in [2.75, 3.05) is 6.54 Å². The predicted molar refractivity (Wildman–Crippen MR) is 134 cm³/mol. The van der Waals surface area contributed by atoms with Gasteiger partial charge in [0.05, 0.1) is 5.69 Å². The first kappa shape index (κ1) is 20.9. The van der Waals surface area contributed by atoms with E-state index in [1.54, 1.807) is 0 Å². The quantitative estimate of drug-likeness (QED) is 0.354. The van der Waals surface area contributed by atoms with Gasteiger partial charge in [-0.25, -0.2) is 4.68 Å². The summed E-state index contributed by atoms with van der Waals surface area (Å²) in [5, 5.41) is 9.25. The largest absolute Gasteiger partial charge is 0.312 e. The highest BCUT2D eigenvalue weighted by Crippen LogP contribution is 2.29. The summed E-state index contributed by atoms with van der Waals surface area (Å²) in [5.41, 5.74) is 6.58. The van der Waals surface area contributed by atoms with Gasteiger partial charge in [-0.3, -0.25) is 4.79 Å². The maximum Gasteiger partial charge on any atom is 0.254 e. The summed E-state index contributed by atoms with van der Waals surface area (Å²) in [7, 11) is 0. The van der Waals surface area contributed by atoms with Crippen molar-refractivity contribution < 1.29 is 0 Å². The number of benzene rings is 3. The second-order valence-electron chi connectivity index (χ2n) is 8.26. The van der Waals surface area contributed by atoms with Crippen LogP contribution in [0.25, 0.3) is 28.0 Å². The number of nitrogens with one attached hydrogen (secondary N) is 2. The second-order valence-corrected chi connectivity index (χ2v) is 8.26. The second kappa shape index (κ2) is 9.27. The Kier molecular flexibility index (Phi) is 5.87. The summed E-state index contributed by atoms with van der Waals surface area (Å²) in [4.78, 5) is 16.0. The van der Waals surface area contributed by atoms with Gasteiger partial charge in [0.25, 0.3) is 5.56 Å². The number of H-pyrrole nitrogens is 1. The topological polar surface area (TPSA) is 62.7 Å². The van der Waals surface area contributed by atoms with Crippen LogP contribution in [0.5, 0.6) is 0 Å². The number of pyridine rings is 1. The van der Waals surface area contributed by atoms with E-state index in [-0.39, 0.29) is 5.56 Å². The Morgan fingerprint density at radius 1 is 0.909 bits per heavy atom. The summed E-state index contributed by atoms with van der Waals surface area (Å²) in [5.74, 6) is 0. The first-order chi connectivity index (χ1) is 16.2. The minimum Gasteiger partial charge on any atom is -0.312 e. The Morgan fingerprint density at radius 3 is 2.33 bits per heavy atom. The predicted octanol–water partition coefficient (Wildman–Crippen LogP) is 5.02. The number of hydrogen-bond donors (Lipinski definition) is 2. The summed E-state index contributed by atoms with van der Waals surface area (Å²) in [6.45, 7) is 3.37. The molecule has 2 heterocycles. The standard InChI is InChI=1S/C28H26N4O/c1-20-12-14-22(15-13-20)26-25-18-23(19-29-17-16-21-8-4-2-5-9-21)28(33)30-27(25)32(31-26)24-10-6-3-7-11-24/h2-15,18,29H,16-17,19H2,1H3,(H,30,33). The SMILES string of the molecule is Cc1ccc(-c2nn(-c3ccccc3)c3[nH]c(=O)c(CNCCc4ccccc4)cc23)cc1. The summed E-state index contributed by atoms with van der Waals surface area (Å²) in [6, 6.07) is 30.5. The van der Waals surface area contributed by atoms with Crippen LogP contribution >= 0.6 is 0 Å². The van der Waals surface area contributed by atoms with Crippen LogP contribution in [-0.4, -0.2) is 21.3 Å². The molecule has 5 heteroatoms. The molecule has 0 aliphatic carbocycles. The normalized spacial score (nSPS) is 11.2. The van der Waals surface area contributed by atoms with Gasteiger partial charge in [0.1, 0.15) is 11.3 Å². The van der Waals surface area contributed by atoms with Crippen LogP contribution in [0, 0.1) is 6.92 Å². The van der Waals surface area contributed by atoms with E-state index in [0.717, 1.165) is 35.3 Å². The number of hydrogen-bond acceptors (Lipinski definition) is 3. The molecule has 5 aromatic rings. The molecule has 5 rings (SSSR count). The lowest BCUT2D eigenvalue weighted by Crippen LogP contribution is -2.23. The molecule has 164 valence electrons. The molecular formula is C28H26N4O. The molecule has 2 N–H and O–H groups in total. The third-order valence-corrected chi connectivity index (χ3v) is 5.84. The fraction of sp³-hybridized carbons (Fsp3) is 0.143. The Bertz CT molecular complexity index is 1420. The van der Waals surface area contributed by atoms with Gasteiger partial charge in [0.15, 0.2) is 0 Å². The Morgan fingerprint density at radius 2 is 1.61 bits per heavy atom. The molecule has 0 spiro atoms. The van der Waals surface area contributed by atoms with Crippen molar-refractivity contribution in [3.8, 4) is 16.9 Å². The van der Waals surface area contributed by atoms with E-state index in [4.69, 9.17) is 5.10 Å². The van der Waals surface area contributed by atoms with Crippen LogP contribution in [-0.2, 0) is 13.0 Å². The van der Waals surface area contributed by atoms with E-state index in [1.165, 1.54) is 11.1 Å². The number of rotatable bonds is 7. The van der Waals surface area contributed by atoms with Gasteiger partial charge >= 0.3 is 0 Å². The number of fused-ring (bicyclic) bond motifs is 1. The Hall–Kier alpha value is -3.96. The third-order valence-electron chi connectivity index (χ3n) is 5.84. The zero-order valence-electron chi connectivity index (χ0n) is 18.6. The fourth-order valence-electron chi connectivity index (χ4n) is 4.03. The lowest BCUT2D eigenvalue weighted by molar-refractivity contribution is 0.682. The van der Waals surface area contributed by atoms with Crippen LogP contribution in [0.15, 0.2) is 95.8 Å². The van der Waals surface area contributed by atoms with Crippen molar-refractivity contribution in [1.29, 1.82) is 0 Å². The number of para-hydroxylation sites is 1. The molecule has 3 aromatic carbocycles. The van der Waals surface area contributed by atoms with Crippen molar-refractivity contribution >= 4 is 11.0 Å². The van der Waals surface area contributed by atoms with Crippen molar-refractivity contribution in [2.24, 2.45) is 0 Å². The maximum absolute atomic E-state index is 12.9. The molecule has 33 heavy (non-hydrogen) atoms. The highest BCUT2D eigenvalue weighted by Gasteiger charge is 2.16. The molecular weight excluding hydrogens is 408 g/mol. The zero-order chi connectivity index (χ0) is 22.6. The van der Waals surface area contributed by atoms with Crippen LogP contribution in [0.4, 0.5) is 0 Å². The average molecular weight is 435 g/mol. The lowest BCUT2D eigenvalue weighted by atomic mass is 10.1. The number of nitrogens with zero attached hydrogens (tertiary/aromatic N) is 2. The highest BCUT2D eigenvalue weighted by atomic mass is 16.1. The van der Waals surface area contributed by atoms with E-state index in [1.807, 2.05) is 59.3 Å². The Balaban J connectivity index is 1.50. The van der Waals surface area contributed by atoms with E-state index in [2.05, 4.69) is 53.6 Å². The molecule has 5 nitrogen and oxygen atoms in total. The average Bonchev–Trinajstić information content (AvgIpc) is 3.21. The molecule has 0 fully saturated rings. The van der Waals surface area contributed by atoms with Crippen molar-refractivity contribution in [2.45, 2.75) is 19.9 Å². The monoisotopic (exact) mass is 434 g/mol. The van der Waals surface area contributed by atoms with Gasteiger partial charge in [0.2, 0.25) is 0 Å². The van der Waals surface area contributed by atoms with Gasteiger partial charge in [-0.1, -0.05) is 78.4 Å². The molecule has 0 aliphatic rings.